The molecular formula is C18H28N4O4. The maximum absolute atomic E-state index is 12.1. The molecule has 2 amide bonds. The van der Waals surface area contributed by atoms with Gasteiger partial charge in [-0.3, -0.25) is 9.48 Å². The first-order valence-corrected chi connectivity index (χ1v) is 9.20. The Balaban J connectivity index is 1.57. The molecule has 2 aliphatic heterocycles. The molecule has 3 rings (SSSR count). The van der Waals surface area contributed by atoms with Crippen molar-refractivity contribution in [3.63, 3.8) is 0 Å². The topological polar surface area (TPSA) is 87.9 Å². The quantitative estimate of drug-likeness (QED) is 0.884. The third-order valence-electron chi connectivity index (χ3n) is 4.85. The molecule has 0 saturated carbocycles. The van der Waals surface area contributed by atoms with Gasteiger partial charge in [-0.25, -0.2) is 4.79 Å². The minimum atomic E-state index is -0.487. The van der Waals surface area contributed by atoms with Gasteiger partial charge in [0.1, 0.15) is 5.60 Å². The Morgan fingerprint density at radius 1 is 1.35 bits per heavy atom. The molecule has 1 aromatic heterocycles. The monoisotopic (exact) mass is 364 g/mol. The minimum Gasteiger partial charge on any atom is -0.444 e. The van der Waals surface area contributed by atoms with Gasteiger partial charge in [0.15, 0.2) is 0 Å². The molecule has 2 fully saturated rings. The summed E-state index contributed by atoms with van der Waals surface area (Å²) in [4.78, 5) is 27.7. The van der Waals surface area contributed by atoms with Crippen molar-refractivity contribution in [3.8, 4) is 0 Å². The largest absolute Gasteiger partial charge is 0.444 e. The summed E-state index contributed by atoms with van der Waals surface area (Å²) >= 11 is 0. The Bertz CT molecular complexity index is 658. The molecule has 2 saturated heterocycles. The number of rotatable bonds is 3. The van der Waals surface area contributed by atoms with Crippen molar-refractivity contribution in [2.45, 2.75) is 51.7 Å². The number of carbonyl (C=O) groups excluding carboxylic acids is 2. The number of hydrogen-bond donors (Lipinski definition) is 1. The molecule has 0 radical (unpaired) electrons. The number of aromatic nitrogens is 2. The lowest BCUT2D eigenvalue weighted by Gasteiger charge is -2.33. The molecular weight excluding hydrogens is 336 g/mol. The minimum absolute atomic E-state index is 0.00270. The molecule has 0 spiro atoms. The molecule has 144 valence electrons. The highest BCUT2D eigenvalue weighted by molar-refractivity contribution is 5.95. The Labute approximate surface area is 153 Å². The molecule has 0 aromatic carbocycles. The Kier molecular flexibility index (Phi) is 5.22. The van der Waals surface area contributed by atoms with Gasteiger partial charge in [-0.15, -0.1) is 0 Å². The van der Waals surface area contributed by atoms with E-state index in [0.717, 1.165) is 18.5 Å². The Morgan fingerprint density at radius 2 is 2.04 bits per heavy atom. The highest BCUT2D eigenvalue weighted by Crippen LogP contribution is 2.28. The van der Waals surface area contributed by atoms with E-state index in [0.29, 0.717) is 26.1 Å². The van der Waals surface area contributed by atoms with Crippen LogP contribution in [0.2, 0.25) is 0 Å². The summed E-state index contributed by atoms with van der Waals surface area (Å²) in [7, 11) is 0. The van der Waals surface area contributed by atoms with Crippen LogP contribution in [-0.2, 0) is 9.53 Å². The van der Waals surface area contributed by atoms with E-state index in [9.17, 15) is 14.7 Å². The molecule has 1 atom stereocenters. The highest BCUT2D eigenvalue weighted by atomic mass is 16.6. The number of ether oxygens (including phenoxy) is 1. The van der Waals surface area contributed by atoms with Crippen LogP contribution in [0.15, 0.2) is 12.4 Å². The molecule has 8 heteroatoms. The average Bonchev–Trinajstić information content (AvgIpc) is 3.19. The lowest BCUT2D eigenvalue weighted by Crippen LogP contribution is -2.42. The third-order valence-corrected chi connectivity index (χ3v) is 4.85. The lowest BCUT2D eigenvalue weighted by molar-refractivity contribution is -0.117. The van der Waals surface area contributed by atoms with Crippen LogP contribution in [-0.4, -0.2) is 63.6 Å². The van der Waals surface area contributed by atoms with Crippen molar-refractivity contribution in [1.29, 1.82) is 0 Å². The SMILES string of the molecule is CC(C)(C)OC(=O)N1CCC(n2cc(N3CC(CO)CC3=O)cn2)CC1. The van der Waals surface area contributed by atoms with Crippen LogP contribution in [0.1, 0.15) is 46.1 Å². The van der Waals surface area contributed by atoms with Gasteiger partial charge in [0.2, 0.25) is 5.91 Å². The summed E-state index contributed by atoms with van der Waals surface area (Å²) in [6, 6.07) is 0.203. The van der Waals surface area contributed by atoms with Crippen LogP contribution in [0.4, 0.5) is 10.5 Å². The fourth-order valence-electron chi connectivity index (χ4n) is 3.46. The number of likely N-dealkylation sites (tertiary alicyclic amines) is 1. The number of amides is 2. The number of piperidine rings is 1. The third kappa shape index (κ3) is 4.17. The average molecular weight is 364 g/mol. The fraction of sp³-hybridized carbons (Fsp3) is 0.722. The van der Waals surface area contributed by atoms with Gasteiger partial charge in [-0.05, 0) is 33.6 Å². The van der Waals surface area contributed by atoms with Crippen molar-refractivity contribution >= 4 is 17.7 Å². The number of aliphatic hydroxyl groups excluding tert-OH is 1. The highest BCUT2D eigenvalue weighted by Gasteiger charge is 2.32. The van der Waals surface area contributed by atoms with Crippen LogP contribution < -0.4 is 4.90 Å². The van der Waals surface area contributed by atoms with E-state index in [-0.39, 0.29) is 30.6 Å². The zero-order chi connectivity index (χ0) is 18.9. The van der Waals surface area contributed by atoms with Gasteiger partial charge in [-0.2, -0.15) is 5.10 Å². The van der Waals surface area contributed by atoms with E-state index in [1.807, 2.05) is 31.6 Å². The van der Waals surface area contributed by atoms with Crippen molar-refractivity contribution in [2.24, 2.45) is 5.92 Å². The number of aliphatic hydroxyl groups is 1. The first kappa shape index (κ1) is 18.7. The van der Waals surface area contributed by atoms with E-state index in [2.05, 4.69) is 5.10 Å². The molecule has 3 heterocycles. The molecule has 1 N–H and O–H groups in total. The molecule has 1 aromatic rings. The number of hydrogen-bond acceptors (Lipinski definition) is 5. The van der Waals surface area contributed by atoms with Crippen LogP contribution in [0.5, 0.6) is 0 Å². The van der Waals surface area contributed by atoms with E-state index in [1.165, 1.54) is 0 Å². The molecule has 8 nitrogen and oxygen atoms in total. The normalized spacial score (nSPS) is 22.2. The van der Waals surface area contributed by atoms with Crippen molar-refractivity contribution in [3.05, 3.63) is 12.4 Å². The lowest BCUT2D eigenvalue weighted by atomic mass is 10.1. The van der Waals surface area contributed by atoms with Gasteiger partial charge in [-0.1, -0.05) is 0 Å². The fourth-order valence-corrected chi connectivity index (χ4v) is 3.46. The summed E-state index contributed by atoms with van der Waals surface area (Å²) < 4.78 is 7.31. The number of nitrogens with zero attached hydrogens (tertiary/aromatic N) is 4. The van der Waals surface area contributed by atoms with E-state index in [1.54, 1.807) is 16.0 Å². The zero-order valence-corrected chi connectivity index (χ0v) is 15.7. The molecule has 0 aliphatic carbocycles. The molecule has 1 unspecified atom stereocenters. The molecule has 26 heavy (non-hydrogen) atoms. The first-order chi connectivity index (χ1) is 12.3. The molecule has 2 aliphatic rings. The van der Waals surface area contributed by atoms with Crippen LogP contribution in [0.3, 0.4) is 0 Å². The molecule has 0 bridgehead atoms. The first-order valence-electron chi connectivity index (χ1n) is 9.20. The second-order valence-electron chi connectivity index (χ2n) is 8.13. The summed E-state index contributed by atoms with van der Waals surface area (Å²) in [6.07, 6.45) is 5.32. The van der Waals surface area contributed by atoms with Crippen molar-refractivity contribution < 1.29 is 19.4 Å². The number of anilines is 1. The predicted octanol–water partition coefficient (Wildman–Crippen LogP) is 1.80. The van der Waals surface area contributed by atoms with E-state index >= 15 is 0 Å². The standard InChI is InChI=1S/C18H28N4O4/c1-18(2,3)26-17(25)20-6-4-14(5-7-20)22-11-15(9-19-22)21-10-13(12-23)8-16(21)24/h9,11,13-14,23H,4-8,10,12H2,1-3H3. The maximum atomic E-state index is 12.1. The van der Waals surface area contributed by atoms with Gasteiger partial charge in [0.25, 0.3) is 0 Å². The van der Waals surface area contributed by atoms with Crippen LogP contribution in [0, 0.1) is 5.92 Å². The van der Waals surface area contributed by atoms with E-state index in [4.69, 9.17) is 4.74 Å². The van der Waals surface area contributed by atoms with Crippen LogP contribution >= 0.6 is 0 Å². The van der Waals surface area contributed by atoms with Crippen molar-refractivity contribution in [2.75, 3.05) is 31.1 Å². The van der Waals surface area contributed by atoms with Crippen molar-refractivity contribution in [1.82, 2.24) is 14.7 Å². The van der Waals surface area contributed by atoms with Gasteiger partial charge in [0, 0.05) is 44.8 Å². The van der Waals surface area contributed by atoms with E-state index < -0.39 is 5.60 Å². The maximum Gasteiger partial charge on any atom is 0.410 e. The summed E-state index contributed by atoms with van der Waals surface area (Å²) in [5.41, 5.74) is 0.292. The predicted molar refractivity (Wildman–Crippen MR) is 95.9 cm³/mol. The van der Waals surface area contributed by atoms with Gasteiger partial charge >= 0.3 is 6.09 Å². The zero-order valence-electron chi connectivity index (χ0n) is 15.7. The van der Waals surface area contributed by atoms with Gasteiger partial charge in [0.05, 0.1) is 17.9 Å². The smallest absolute Gasteiger partial charge is 0.410 e. The Hall–Kier alpha value is -2.09. The summed E-state index contributed by atoms with van der Waals surface area (Å²) in [5.74, 6) is 0.0336. The Morgan fingerprint density at radius 3 is 2.62 bits per heavy atom. The van der Waals surface area contributed by atoms with Crippen LogP contribution in [0.25, 0.3) is 0 Å². The summed E-state index contributed by atoms with van der Waals surface area (Å²) in [5, 5.41) is 13.7. The number of carbonyl (C=O) groups is 2. The second kappa shape index (κ2) is 7.26. The van der Waals surface area contributed by atoms with Gasteiger partial charge < -0.3 is 19.6 Å². The summed E-state index contributed by atoms with van der Waals surface area (Å²) in [6.45, 7) is 7.42. The second-order valence-corrected chi connectivity index (χ2v) is 8.13.